The van der Waals surface area contributed by atoms with E-state index in [1.165, 1.54) is 12.1 Å². The Morgan fingerprint density at radius 1 is 1.43 bits per heavy atom. The summed E-state index contributed by atoms with van der Waals surface area (Å²) in [6.07, 6.45) is 0.890. The normalized spacial score (nSPS) is 18.8. The highest BCUT2D eigenvalue weighted by atomic mass is 32.1. The van der Waals surface area contributed by atoms with Gasteiger partial charge in [-0.2, -0.15) is 0 Å². The summed E-state index contributed by atoms with van der Waals surface area (Å²) in [4.78, 5) is 17.9. The van der Waals surface area contributed by atoms with Gasteiger partial charge in [0.2, 0.25) is 5.91 Å². The van der Waals surface area contributed by atoms with Crippen LogP contribution in [0.1, 0.15) is 30.0 Å². The Labute approximate surface area is 139 Å². The first-order valence-electron chi connectivity index (χ1n) is 7.79. The first kappa shape index (κ1) is 16.1. The van der Waals surface area contributed by atoms with Crippen molar-refractivity contribution in [3.63, 3.8) is 0 Å². The fraction of sp³-hybridized carbons (Fsp3) is 0.412. The summed E-state index contributed by atoms with van der Waals surface area (Å²) < 4.78 is 13.0. The molecule has 122 valence electrons. The van der Waals surface area contributed by atoms with Crippen molar-refractivity contribution in [3.8, 4) is 10.6 Å². The number of carbonyl (C=O) groups excluding carboxylic acids is 1. The maximum absolute atomic E-state index is 13.0. The standard InChI is InChI=1S/C17H20FN3OS/c1-10(20-16(22)13-7-8-19-9-13)15-11(2)21-17(23-15)12-3-5-14(18)6-4-12/h3-6,10,13,19H,7-9H2,1-2H3,(H,20,22). The Balaban J connectivity index is 1.74. The number of halogens is 1. The molecule has 2 aromatic rings. The number of nitrogens with one attached hydrogen (secondary N) is 2. The van der Waals surface area contributed by atoms with Crippen molar-refractivity contribution in [1.29, 1.82) is 0 Å². The van der Waals surface area contributed by atoms with Crippen LogP contribution >= 0.6 is 11.3 Å². The molecule has 4 nitrogen and oxygen atoms in total. The van der Waals surface area contributed by atoms with Gasteiger partial charge in [0.1, 0.15) is 10.8 Å². The lowest BCUT2D eigenvalue weighted by atomic mass is 10.1. The van der Waals surface area contributed by atoms with Crippen LogP contribution in [0, 0.1) is 18.7 Å². The summed E-state index contributed by atoms with van der Waals surface area (Å²) >= 11 is 1.55. The van der Waals surface area contributed by atoms with Gasteiger partial charge in [-0.25, -0.2) is 9.37 Å². The van der Waals surface area contributed by atoms with Crippen LogP contribution in [0.5, 0.6) is 0 Å². The van der Waals surface area contributed by atoms with Crippen LogP contribution < -0.4 is 10.6 Å². The second-order valence-electron chi connectivity index (χ2n) is 5.90. The quantitative estimate of drug-likeness (QED) is 0.904. The van der Waals surface area contributed by atoms with Gasteiger partial charge in [-0.05, 0) is 51.1 Å². The molecule has 1 saturated heterocycles. The number of hydrogen-bond donors (Lipinski definition) is 2. The molecule has 2 unspecified atom stereocenters. The van der Waals surface area contributed by atoms with Crippen LogP contribution in [0.2, 0.25) is 0 Å². The van der Waals surface area contributed by atoms with Gasteiger partial charge < -0.3 is 10.6 Å². The van der Waals surface area contributed by atoms with Gasteiger partial charge in [0.15, 0.2) is 0 Å². The van der Waals surface area contributed by atoms with E-state index in [-0.39, 0.29) is 23.7 Å². The molecule has 0 saturated carbocycles. The summed E-state index contributed by atoms with van der Waals surface area (Å²) in [7, 11) is 0. The van der Waals surface area contributed by atoms with Crippen molar-refractivity contribution in [1.82, 2.24) is 15.6 Å². The summed E-state index contributed by atoms with van der Waals surface area (Å²) in [6, 6.07) is 6.25. The van der Waals surface area contributed by atoms with Crippen molar-refractivity contribution >= 4 is 17.2 Å². The lowest BCUT2D eigenvalue weighted by molar-refractivity contribution is -0.125. The van der Waals surface area contributed by atoms with E-state index in [2.05, 4.69) is 15.6 Å². The lowest BCUT2D eigenvalue weighted by Crippen LogP contribution is -2.33. The smallest absolute Gasteiger partial charge is 0.224 e. The molecular formula is C17H20FN3OS. The van der Waals surface area contributed by atoms with Crippen LogP contribution in [-0.2, 0) is 4.79 Å². The van der Waals surface area contributed by atoms with Crippen molar-refractivity contribution in [2.24, 2.45) is 5.92 Å². The SMILES string of the molecule is Cc1nc(-c2ccc(F)cc2)sc1C(C)NC(=O)C1CCNC1. The summed E-state index contributed by atoms with van der Waals surface area (Å²) in [5, 5.41) is 7.14. The molecule has 1 amide bonds. The van der Waals surface area contributed by atoms with Crippen molar-refractivity contribution in [3.05, 3.63) is 40.7 Å². The second kappa shape index (κ2) is 6.76. The third-order valence-electron chi connectivity index (χ3n) is 4.11. The molecule has 1 fully saturated rings. The number of thiazole rings is 1. The Bertz CT molecular complexity index is 692. The zero-order valence-corrected chi connectivity index (χ0v) is 14.0. The number of nitrogens with zero attached hydrogens (tertiary/aromatic N) is 1. The molecule has 23 heavy (non-hydrogen) atoms. The van der Waals surface area contributed by atoms with Gasteiger partial charge >= 0.3 is 0 Å². The zero-order valence-electron chi connectivity index (χ0n) is 13.2. The van der Waals surface area contributed by atoms with Gasteiger partial charge in [-0.1, -0.05) is 0 Å². The van der Waals surface area contributed by atoms with Crippen LogP contribution in [0.25, 0.3) is 10.6 Å². The fourth-order valence-corrected chi connectivity index (χ4v) is 3.87. The predicted molar refractivity (Wildman–Crippen MR) is 89.8 cm³/mol. The van der Waals surface area contributed by atoms with E-state index in [0.717, 1.165) is 40.7 Å². The lowest BCUT2D eigenvalue weighted by Gasteiger charge is -2.15. The van der Waals surface area contributed by atoms with Gasteiger partial charge in [-0.15, -0.1) is 11.3 Å². The van der Waals surface area contributed by atoms with Crippen LogP contribution in [0.4, 0.5) is 4.39 Å². The van der Waals surface area contributed by atoms with Crippen LogP contribution in [0.15, 0.2) is 24.3 Å². The van der Waals surface area contributed by atoms with Crippen LogP contribution in [0.3, 0.4) is 0 Å². The number of aryl methyl sites for hydroxylation is 1. The first-order valence-corrected chi connectivity index (χ1v) is 8.60. The summed E-state index contributed by atoms with van der Waals surface area (Å²) in [5.74, 6) is -0.103. The molecule has 1 aromatic heterocycles. The van der Waals surface area contributed by atoms with Gasteiger partial charge in [0.05, 0.1) is 22.5 Å². The fourth-order valence-electron chi connectivity index (χ4n) is 2.80. The molecule has 0 aliphatic carbocycles. The maximum atomic E-state index is 13.0. The monoisotopic (exact) mass is 333 g/mol. The molecule has 2 heterocycles. The highest BCUT2D eigenvalue weighted by Gasteiger charge is 2.25. The molecule has 0 bridgehead atoms. The van der Waals surface area contributed by atoms with E-state index >= 15 is 0 Å². The number of amides is 1. The Morgan fingerprint density at radius 2 is 2.17 bits per heavy atom. The molecule has 2 atom stereocenters. The minimum Gasteiger partial charge on any atom is -0.348 e. The Kier molecular flexibility index (Phi) is 4.73. The second-order valence-corrected chi connectivity index (χ2v) is 6.93. The molecule has 1 aromatic carbocycles. The minimum atomic E-state index is -0.256. The number of carbonyl (C=O) groups is 1. The van der Waals surface area contributed by atoms with Gasteiger partial charge in [0.25, 0.3) is 0 Å². The van der Waals surface area contributed by atoms with Crippen molar-refractivity contribution in [2.75, 3.05) is 13.1 Å². The first-order chi connectivity index (χ1) is 11.0. The van der Waals surface area contributed by atoms with Gasteiger partial charge in [0, 0.05) is 12.1 Å². The molecular weight excluding hydrogens is 313 g/mol. The number of benzene rings is 1. The van der Waals surface area contributed by atoms with E-state index in [1.54, 1.807) is 23.5 Å². The van der Waals surface area contributed by atoms with Crippen molar-refractivity contribution < 1.29 is 9.18 Å². The molecule has 1 aliphatic heterocycles. The molecule has 2 N–H and O–H groups in total. The molecule has 3 rings (SSSR count). The number of hydrogen-bond acceptors (Lipinski definition) is 4. The van der Waals surface area contributed by atoms with E-state index in [1.807, 2.05) is 13.8 Å². The maximum Gasteiger partial charge on any atom is 0.224 e. The third kappa shape index (κ3) is 3.59. The average Bonchev–Trinajstić information content (AvgIpc) is 3.17. The zero-order chi connectivity index (χ0) is 16.4. The van der Waals surface area contributed by atoms with Crippen LogP contribution in [-0.4, -0.2) is 24.0 Å². The molecule has 0 radical (unpaired) electrons. The van der Waals surface area contributed by atoms with E-state index in [4.69, 9.17) is 0 Å². The topological polar surface area (TPSA) is 54.0 Å². The highest BCUT2D eigenvalue weighted by Crippen LogP contribution is 2.32. The summed E-state index contributed by atoms with van der Waals surface area (Å²) in [6.45, 7) is 5.58. The van der Waals surface area contributed by atoms with E-state index in [0.29, 0.717) is 0 Å². The molecule has 0 spiro atoms. The molecule has 6 heteroatoms. The van der Waals surface area contributed by atoms with Gasteiger partial charge in [-0.3, -0.25) is 4.79 Å². The number of aromatic nitrogens is 1. The highest BCUT2D eigenvalue weighted by molar-refractivity contribution is 7.15. The van der Waals surface area contributed by atoms with E-state index < -0.39 is 0 Å². The van der Waals surface area contributed by atoms with E-state index in [9.17, 15) is 9.18 Å². The minimum absolute atomic E-state index is 0.0576. The average molecular weight is 333 g/mol. The molecule has 1 aliphatic rings. The summed E-state index contributed by atoms with van der Waals surface area (Å²) in [5.41, 5.74) is 1.80. The Morgan fingerprint density at radius 3 is 2.83 bits per heavy atom. The third-order valence-corrected chi connectivity index (χ3v) is 5.50. The number of rotatable bonds is 4. The Hall–Kier alpha value is -1.79. The van der Waals surface area contributed by atoms with Crippen molar-refractivity contribution in [2.45, 2.75) is 26.3 Å². The predicted octanol–water partition coefficient (Wildman–Crippen LogP) is 3.04. The largest absolute Gasteiger partial charge is 0.348 e.